The molecule has 30 heavy (non-hydrogen) atoms. The molecule has 0 saturated heterocycles. The molecule has 2 aromatic rings. The van der Waals surface area contributed by atoms with E-state index in [2.05, 4.69) is 5.16 Å². The molecule has 2 N–H and O–H groups in total. The van der Waals surface area contributed by atoms with E-state index in [1.807, 2.05) is 6.26 Å². The number of rotatable bonds is 8. The lowest BCUT2D eigenvalue weighted by molar-refractivity contribution is -0.148. The average Bonchev–Trinajstić information content (AvgIpc) is 3.03. The van der Waals surface area contributed by atoms with Crippen molar-refractivity contribution >= 4 is 35.4 Å². The lowest BCUT2D eigenvalue weighted by Crippen LogP contribution is -2.45. The summed E-state index contributed by atoms with van der Waals surface area (Å²) in [6, 6.07) is 12.1. The van der Waals surface area contributed by atoms with Gasteiger partial charge in [0.1, 0.15) is 11.8 Å². The van der Waals surface area contributed by atoms with Gasteiger partial charge in [-0.1, -0.05) is 17.3 Å². The summed E-state index contributed by atoms with van der Waals surface area (Å²) in [6.07, 6.45) is 2.11. The molecular weight excluding hydrogens is 406 g/mol. The van der Waals surface area contributed by atoms with E-state index in [-0.39, 0.29) is 23.4 Å². The van der Waals surface area contributed by atoms with Crippen LogP contribution in [0.3, 0.4) is 0 Å². The number of hydrogen-bond acceptors (Lipinski definition) is 7. The Morgan fingerprint density at radius 1 is 1.10 bits per heavy atom. The first-order valence-electron chi connectivity index (χ1n) is 9.12. The Hall–Kier alpha value is -3.33. The van der Waals surface area contributed by atoms with Gasteiger partial charge in [-0.3, -0.25) is 14.5 Å². The molecule has 1 aliphatic heterocycles. The van der Waals surface area contributed by atoms with Gasteiger partial charge in [-0.15, -0.1) is 0 Å². The van der Waals surface area contributed by atoms with Crippen molar-refractivity contribution < 1.29 is 24.0 Å². The first-order chi connectivity index (χ1) is 14.5. The molecule has 0 radical (unpaired) electrons. The van der Waals surface area contributed by atoms with E-state index in [4.69, 9.17) is 15.3 Å². The highest BCUT2D eigenvalue weighted by atomic mass is 32.2. The normalized spacial score (nSPS) is 14.5. The molecule has 8 nitrogen and oxygen atoms in total. The Morgan fingerprint density at radius 2 is 1.70 bits per heavy atom. The summed E-state index contributed by atoms with van der Waals surface area (Å²) >= 11 is 1.49. The minimum atomic E-state index is -1.10. The molecule has 0 aromatic heterocycles. The van der Waals surface area contributed by atoms with E-state index in [9.17, 15) is 14.4 Å². The molecule has 0 spiro atoms. The number of ether oxygens (including phenoxy) is 1. The predicted octanol–water partition coefficient (Wildman–Crippen LogP) is 2.28. The van der Waals surface area contributed by atoms with E-state index in [1.165, 1.54) is 11.8 Å². The lowest BCUT2D eigenvalue weighted by Gasteiger charge is -2.23. The zero-order chi connectivity index (χ0) is 21.7. The maximum Gasteiger partial charge on any atom is 0.357 e. The molecule has 0 saturated carbocycles. The van der Waals surface area contributed by atoms with Crippen molar-refractivity contribution in [2.24, 2.45) is 10.9 Å². The predicted molar refractivity (Wildman–Crippen MR) is 114 cm³/mol. The van der Waals surface area contributed by atoms with Crippen LogP contribution in [0.5, 0.6) is 5.75 Å². The number of benzene rings is 2. The Kier molecular flexibility index (Phi) is 6.73. The molecule has 0 bridgehead atoms. The van der Waals surface area contributed by atoms with Crippen molar-refractivity contribution in [1.82, 2.24) is 4.90 Å². The standard InChI is InChI=1S/C21H21N3O5S/c1-28-14-9-7-13(8-10-14)18(22)23-29-21(27)17(11-12-30-2)24-19(25)15-5-3-4-6-16(15)20(24)26/h3-10,17H,11-12H2,1-2H3,(H2,22,23)/t17-/m0/s1. The van der Waals surface area contributed by atoms with Crippen LogP contribution < -0.4 is 10.5 Å². The van der Waals surface area contributed by atoms with E-state index in [0.29, 0.717) is 17.1 Å². The van der Waals surface area contributed by atoms with Gasteiger partial charge in [-0.25, -0.2) is 4.79 Å². The molecule has 2 amide bonds. The summed E-state index contributed by atoms with van der Waals surface area (Å²) in [5.74, 6) is -0.694. The van der Waals surface area contributed by atoms with Gasteiger partial charge in [0.2, 0.25) is 0 Å². The van der Waals surface area contributed by atoms with Crippen molar-refractivity contribution in [3.05, 3.63) is 65.2 Å². The van der Waals surface area contributed by atoms with Crippen LogP contribution in [0.15, 0.2) is 53.7 Å². The maximum atomic E-state index is 12.8. The minimum absolute atomic E-state index is 0.0167. The summed E-state index contributed by atoms with van der Waals surface area (Å²) in [7, 11) is 1.54. The van der Waals surface area contributed by atoms with Gasteiger partial charge in [0.05, 0.1) is 18.2 Å². The monoisotopic (exact) mass is 427 g/mol. The minimum Gasteiger partial charge on any atom is -0.497 e. The number of amides is 2. The highest BCUT2D eigenvalue weighted by Gasteiger charge is 2.43. The van der Waals surface area contributed by atoms with Gasteiger partial charge >= 0.3 is 5.97 Å². The van der Waals surface area contributed by atoms with E-state index in [0.717, 1.165) is 4.90 Å². The second kappa shape index (κ2) is 9.45. The molecule has 0 unspecified atom stereocenters. The Morgan fingerprint density at radius 3 is 2.23 bits per heavy atom. The van der Waals surface area contributed by atoms with Crippen LogP contribution in [0.2, 0.25) is 0 Å². The molecule has 2 aromatic carbocycles. The van der Waals surface area contributed by atoms with Crippen LogP contribution in [0.1, 0.15) is 32.7 Å². The summed E-state index contributed by atoms with van der Waals surface area (Å²) < 4.78 is 5.08. The first kappa shape index (κ1) is 21.4. The van der Waals surface area contributed by atoms with Crippen LogP contribution in [0.4, 0.5) is 0 Å². The molecule has 156 valence electrons. The number of oxime groups is 1. The lowest BCUT2D eigenvalue weighted by atomic mass is 10.1. The zero-order valence-corrected chi connectivity index (χ0v) is 17.3. The Labute approximate surface area is 178 Å². The quantitative estimate of drug-likeness (QED) is 0.226. The molecular formula is C21H21N3O5S. The highest BCUT2D eigenvalue weighted by molar-refractivity contribution is 7.98. The third-order valence-corrected chi connectivity index (χ3v) is 5.27. The molecule has 0 fully saturated rings. The molecule has 1 atom stereocenters. The topological polar surface area (TPSA) is 111 Å². The first-order valence-corrected chi connectivity index (χ1v) is 10.5. The van der Waals surface area contributed by atoms with Gasteiger partial charge in [-0.2, -0.15) is 11.8 Å². The van der Waals surface area contributed by atoms with Gasteiger partial charge < -0.3 is 15.3 Å². The fourth-order valence-corrected chi connectivity index (χ4v) is 3.50. The smallest absolute Gasteiger partial charge is 0.357 e. The number of thioether (sulfide) groups is 1. The number of fused-ring (bicyclic) bond motifs is 1. The van der Waals surface area contributed by atoms with Gasteiger partial charge in [0, 0.05) is 5.56 Å². The number of carbonyl (C=O) groups is 3. The van der Waals surface area contributed by atoms with Gasteiger partial charge in [0.15, 0.2) is 5.84 Å². The van der Waals surface area contributed by atoms with Crippen molar-refractivity contribution in [3.8, 4) is 5.75 Å². The molecule has 0 aliphatic carbocycles. The van der Waals surface area contributed by atoms with E-state index < -0.39 is 23.8 Å². The number of hydrogen-bond donors (Lipinski definition) is 1. The third-order valence-electron chi connectivity index (χ3n) is 4.62. The Bertz CT molecular complexity index is 955. The van der Waals surface area contributed by atoms with Crippen molar-refractivity contribution in [2.75, 3.05) is 19.1 Å². The van der Waals surface area contributed by atoms with Crippen LogP contribution in [-0.4, -0.2) is 53.7 Å². The summed E-state index contributed by atoms with van der Waals surface area (Å²) in [5.41, 5.74) is 6.96. The molecule has 3 rings (SSSR count). The van der Waals surface area contributed by atoms with Crippen molar-refractivity contribution in [1.29, 1.82) is 0 Å². The van der Waals surface area contributed by atoms with Crippen LogP contribution in [0, 0.1) is 0 Å². The third kappa shape index (κ3) is 4.30. The van der Waals surface area contributed by atoms with Crippen LogP contribution in [-0.2, 0) is 9.63 Å². The number of carbonyl (C=O) groups excluding carboxylic acids is 3. The SMILES string of the molecule is COc1ccc(/C(N)=N\OC(=O)[C@H](CCSC)N2C(=O)c3ccccc3C2=O)cc1. The Balaban J connectivity index is 1.79. The molecule has 9 heteroatoms. The van der Waals surface area contributed by atoms with E-state index >= 15 is 0 Å². The summed E-state index contributed by atoms with van der Waals surface area (Å²) in [6.45, 7) is 0. The van der Waals surface area contributed by atoms with Crippen LogP contribution >= 0.6 is 11.8 Å². The zero-order valence-electron chi connectivity index (χ0n) is 16.5. The maximum absolute atomic E-state index is 12.8. The van der Waals surface area contributed by atoms with Crippen molar-refractivity contribution in [2.45, 2.75) is 12.5 Å². The fourth-order valence-electron chi connectivity index (χ4n) is 3.04. The van der Waals surface area contributed by atoms with E-state index in [1.54, 1.807) is 55.6 Å². The van der Waals surface area contributed by atoms with Gasteiger partial charge in [0.25, 0.3) is 11.8 Å². The highest BCUT2D eigenvalue weighted by Crippen LogP contribution is 2.26. The molecule has 1 heterocycles. The summed E-state index contributed by atoms with van der Waals surface area (Å²) in [5, 5.41) is 3.70. The second-order valence-electron chi connectivity index (χ2n) is 6.44. The fraction of sp³-hybridized carbons (Fsp3) is 0.238. The van der Waals surface area contributed by atoms with Gasteiger partial charge in [-0.05, 0) is 54.8 Å². The number of nitrogens with two attached hydrogens (primary N) is 1. The largest absolute Gasteiger partial charge is 0.497 e. The molecule has 1 aliphatic rings. The summed E-state index contributed by atoms with van der Waals surface area (Å²) in [4.78, 5) is 44.2. The second-order valence-corrected chi connectivity index (χ2v) is 7.42. The van der Waals surface area contributed by atoms with Crippen molar-refractivity contribution in [3.63, 3.8) is 0 Å². The number of nitrogens with zero attached hydrogens (tertiary/aromatic N) is 2. The van der Waals surface area contributed by atoms with Crippen LogP contribution in [0.25, 0.3) is 0 Å². The number of methoxy groups -OCH3 is 1. The number of imide groups is 1. The number of amidine groups is 1. The average molecular weight is 427 g/mol.